The summed E-state index contributed by atoms with van der Waals surface area (Å²) in [6, 6.07) is 9.22. The van der Waals surface area contributed by atoms with E-state index < -0.39 is 28.0 Å². The molecule has 10 nitrogen and oxygen atoms in total. The highest BCUT2D eigenvalue weighted by Gasteiger charge is 2.33. The predicted molar refractivity (Wildman–Crippen MR) is 178 cm³/mol. The first-order valence-corrected chi connectivity index (χ1v) is 18.2. The van der Waals surface area contributed by atoms with Crippen molar-refractivity contribution in [2.75, 3.05) is 38.7 Å². The molecule has 0 radical (unpaired) electrons. The predicted octanol–water partition coefficient (Wildman–Crippen LogP) is 5.46. The normalized spacial score (nSPS) is 23.0. The summed E-state index contributed by atoms with van der Waals surface area (Å²) in [7, 11) is -2.48. The van der Waals surface area contributed by atoms with E-state index in [4.69, 9.17) is 9.47 Å². The number of likely N-dealkylation sites (N-methyl/N-ethyl adjacent to an activating group) is 1. The lowest BCUT2D eigenvalue weighted by molar-refractivity contribution is -0.120. The lowest BCUT2D eigenvalue weighted by Crippen LogP contribution is -2.48. The second kappa shape index (κ2) is 16.9. The molecule has 2 aromatic carbocycles. The van der Waals surface area contributed by atoms with Gasteiger partial charge in [-0.1, -0.05) is 26.2 Å². The average Bonchev–Trinajstić information content (AvgIpc) is 3.06. The van der Waals surface area contributed by atoms with Gasteiger partial charge >= 0.3 is 0 Å². The molecular formula is C35H50FN3O7S. The van der Waals surface area contributed by atoms with Crippen LogP contribution in [0.2, 0.25) is 0 Å². The van der Waals surface area contributed by atoms with Crippen LogP contribution in [0, 0.1) is 17.7 Å². The lowest BCUT2D eigenvalue weighted by atomic mass is 9.88. The third kappa shape index (κ3) is 9.74. The van der Waals surface area contributed by atoms with Crippen LogP contribution < -0.4 is 10.1 Å². The van der Waals surface area contributed by atoms with Gasteiger partial charge in [-0.25, -0.2) is 12.8 Å². The standard InChI is InChI=1S/C35H50FN3O7S/c1-24-21-39(25(2)23-40)35(42)31-20-29(37-34(41)27-11-6-5-7-12-27)15-18-32(31)46-26(3)10-8-9-19-45-33(24)22-38(4)47(43,44)30-16-13-28(36)14-17-30/h13-18,20,24-27,33,40H,5-12,19,21-23H2,1-4H3,(H,37,41)/t24-,25+,26+,33-/m1/s1. The Balaban J connectivity index is 1.62. The average molecular weight is 676 g/mol. The number of aliphatic hydroxyl groups excluding tert-OH is 1. The molecule has 12 heteroatoms. The maximum absolute atomic E-state index is 14.3. The van der Waals surface area contributed by atoms with Gasteiger partial charge in [0.25, 0.3) is 5.91 Å². The second-order valence-electron chi connectivity index (χ2n) is 13.1. The number of benzene rings is 2. The number of hydrogen-bond donors (Lipinski definition) is 2. The number of carbonyl (C=O) groups excluding carboxylic acids is 2. The molecule has 0 saturated heterocycles. The summed E-state index contributed by atoms with van der Waals surface area (Å²) in [4.78, 5) is 28.9. The topological polar surface area (TPSA) is 125 Å². The molecule has 260 valence electrons. The number of nitrogens with zero attached hydrogens (tertiary/aromatic N) is 2. The number of nitrogens with one attached hydrogen (secondary N) is 1. The summed E-state index contributed by atoms with van der Waals surface area (Å²) in [6.45, 7) is 5.82. The summed E-state index contributed by atoms with van der Waals surface area (Å²) in [5.74, 6) is -0.968. The van der Waals surface area contributed by atoms with Gasteiger partial charge in [0.05, 0.1) is 35.3 Å². The third-order valence-corrected chi connectivity index (χ3v) is 11.1. The van der Waals surface area contributed by atoms with E-state index in [2.05, 4.69) is 5.32 Å². The summed E-state index contributed by atoms with van der Waals surface area (Å²) in [5, 5.41) is 13.2. The van der Waals surface area contributed by atoms with Crippen molar-refractivity contribution in [2.24, 2.45) is 11.8 Å². The molecule has 0 bridgehead atoms. The van der Waals surface area contributed by atoms with Crippen LogP contribution in [0.3, 0.4) is 0 Å². The van der Waals surface area contributed by atoms with Gasteiger partial charge in [-0.2, -0.15) is 4.31 Å². The Hall–Kier alpha value is -3.06. The molecule has 0 aromatic heterocycles. The van der Waals surface area contributed by atoms with Gasteiger partial charge in [-0.15, -0.1) is 0 Å². The fraction of sp³-hybridized carbons (Fsp3) is 0.600. The van der Waals surface area contributed by atoms with Crippen LogP contribution in [0.25, 0.3) is 0 Å². The Morgan fingerprint density at radius 3 is 2.43 bits per heavy atom. The van der Waals surface area contributed by atoms with E-state index in [1.807, 2.05) is 13.8 Å². The summed E-state index contributed by atoms with van der Waals surface area (Å²) < 4.78 is 53.9. The van der Waals surface area contributed by atoms with Crippen molar-refractivity contribution in [3.05, 3.63) is 53.8 Å². The van der Waals surface area contributed by atoms with E-state index in [1.165, 1.54) is 23.5 Å². The second-order valence-corrected chi connectivity index (χ2v) is 15.1. The van der Waals surface area contributed by atoms with Crippen LogP contribution >= 0.6 is 0 Å². The number of anilines is 1. The molecule has 1 aliphatic carbocycles. The zero-order valence-corrected chi connectivity index (χ0v) is 28.8. The number of halogens is 1. The van der Waals surface area contributed by atoms with Crippen molar-refractivity contribution in [1.29, 1.82) is 0 Å². The first kappa shape index (κ1) is 36.8. The Labute approximate surface area is 278 Å². The third-order valence-electron chi connectivity index (χ3n) is 9.25. The first-order valence-electron chi connectivity index (χ1n) is 16.8. The number of carbonyl (C=O) groups is 2. The van der Waals surface area contributed by atoms with E-state index in [0.717, 1.165) is 57.1 Å². The number of ether oxygens (including phenoxy) is 2. The Morgan fingerprint density at radius 2 is 1.74 bits per heavy atom. The molecule has 2 N–H and O–H groups in total. The number of hydrogen-bond acceptors (Lipinski definition) is 7. The molecular weight excluding hydrogens is 625 g/mol. The molecule has 0 unspecified atom stereocenters. The van der Waals surface area contributed by atoms with Crippen molar-refractivity contribution in [3.63, 3.8) is 0 Å². The molecule has 1 aliphatic heterocycles. The minimum Gasteiger partial charge on any atom is -0.490 e. The fourth-order valence-electron chi connectivity index (χ4n) is 6.21. The number of amides is 2. The van der Waals surface area contributed by atoms with Gasteiger partial charge in [0.1, 0.15) is 11.6 Å². The largest absolute Gasteiger partial charge is 0.490 e. The number of sulfonamides is 1. The maximum Gasteiger partial charge on any atom is 0.258 e. The number of aliphatic hydroxyl groups is 1. The molecule has 4 atom stereocenters. The minimum absolute atomic E-state index is 0.00383. The van der Waals surface area contributed by atoms with Crippen LogP contribution in [0.4, 0.5) is 10.1 Å². The molecule has 4 rings (SSSR count). The molecule has 2 aliphatic rings. The molecule has 1 heterocycles. The van der Waals surface area contributed by atoms with Gasteiger partial charge in [-0.05, 0) is 88.4 Å². The van der Waals surface area contributed by atoms with Gasteiger partial charge in [-0.3, -0.25) is 9.59 Å². The SMILES string of the molecule is C[C@@H]1CN([C@@H](C)CO)C(=O)c2cc(NC(=O)C3CCCCC3)ccc2O[C@@H](C)CCCCO[C@@H]1CN(C)S(=O)(=O)c1ccc(F)cc1. The maximum atomic E-state index is 14.3. The Morgan fingerprint density at radius 1 is 1.06 bits per heavy atom. The fourth-order valence-corrected chi connectivity index (χ4v) is 7.39. The van der Waals surface area contributed by atoms with Gasteiger partial charge in [0.15, 0.2) is 0 Å². The number of fused-ring (bicyclic) bond motifs is 1. The molecule has 47 heavy (non-hydrogen) atoms. The van der Waals surface area contributed by atoms with Crippen molar-refractivity contribution >= 4 is 27.5 Å². The van der Waals surface area contributed by atoms with E-state index in [-0.39, 0.29) is 59.9 Å². The van der Waals surface area contributed by atoms with E-state index in [1.54, 1.807) is 30.0 Å². The lowest BCUT2D eigenvalue weighted by Gasteiger charge is -2.35. The van der Waals surface area contributed by atoms with Crippen molar-refractivity contribution in [1.82, 2.24) is 9.21 Å². The smallest absolute Gasteiger partial charge is 0.258 e. The Bertz CT molecular complexity index is 1450. The monoisotopic (exact) mass is 675 g/mol. The Kier molecular flexibility index (Phi) is 13.2. The molecule has 0 spiro atoms. The quantitative estimate of drug-likeness (QED) is 0.381. The zero-order valence-electron chi connectivity index (χ0n) is 28.0. The van der Waals surface area contributed by atoms with E-state index in [0.29, 0.717) is 24.5 Å². The highest BCUT2D eigenvalue weighted by Crippen LogP contribution is 2.30. The highest BCUT2D eigenvalue weighted by molar-refractivity contribution is 7.89. The minimum atomic E-state index is -3.94. The molecule has 1 saturated carbocycles. The van der Waals surface area contributed by atoms with Gasteiger partial charge in [0.2, 0.25) is 15.9 Å². The van der Waals surface area contributed by atoms with Crippen LogP contribution in [-0.2, 0) is 19.6 Å². The van der Waals surface area contributed by atoms with Crippen LogP contribution in [0.5, 0.6) is 5.75 Å². The van der Waals surface area contributed by atoms with Crippen LogP contribution in [0.15, 0.2) is 47.4 Å². The van der Waals surface area contributed by atoms with Crippen LogP contribution in [-0.4, -0.2) is 86.1 Å². The van der Waals surface area contributed by atoms with Crippen molar-refractivity contribution < 1.29 is 37.0 Å². The van der Waals surface area contributed by atoms with Gasteiger partial charge in [0, 0.05) is 44.3 Å². The number of rotatable bonds is 8. The van der Waals surface area contributed by atoms with Crippen LogP contribution in [0.1, 0.15) is 82.5 Å². The summed E-state index contributed by atoms with van der Waals surface area (Å²) in [5.41, 5.74) is 0.778. The molecule has 2 aromatic rings. The summed E-state index contributed by atoms with van der Waals surface area (Å²) in [6.07, 6.45) is 6.29. The molecule has 1 fully saturated rings. The summed E-state index contributed by atoms with van der Waals surface area (Å²) >= 11 is 0. The zero-order chi connectivity index (χ0) is 34.1. The van der Waals surface area contributed by atoms with E-state index in [9.17, 15) is 27.5 Å². The van der Waals surface area contributed by atoms with Crippen molar-refractivity contribution in [3.8, 4) is 5.75 Å². The molecule has 2 amide bonds. The highest BCUT2D eigenvalue weighted by atomic mass is 32.2. The van der Waals surface area contributed by atoms with Gasteiger partial charge < -0.3 is 24.8 Å². The van der Waals surface area contributed by atoms with E-state index >= 15 is 0 Å². The first-order chi connectivity index (χ1) is 22.4. The van der Waals surface area contributed by atoms with Crippen molar-refractivity contribution in [2.45, 2.75) is 95.3 Å².